The zero-order chi connectivity index (χ0) is 26.8. The molecule has 3 heterocycles. The smallest absolute Gasteiger partial charge is 0.410 e. The van der Waals surface area contributed by atoms with Gasteiger partial charge in [-0.1, -0.05) is 0 Å². The van der Waals surface area contributed by atoms with Crippen molar-refractivity contribution >= 4 is 32.8 Å². The number of nitrogens with zero attached hydrogens (tertiary/aromatic N) is 7. The summed E-state index contributed by atoms with van der Waals surface area (Å²) in [6.07, 6.45) is 4.21. The van der Waals surface area contributed by atoms with Crippen molar-refractivity contribution < 1.29 is 17.9 Å². The molecule has 3 aromatic rings. The zero-order valence-electron chi connectivity index (χ0n) is 22.1. The molecule has 0 atom stereocenters. The Morgan fingerprint density at radius 3 is 2.35 bits per heavy atom. The molecular formula is C25H35N7O4S. The summed E-state index contributed by atoms with van der Waals surface area (Å²) in [5, 5.41) is 5.34. The number of ether oxygens (including phenoxy) is 1. The topological polar surface area (TPSA) is 114 Å². The monoisotopic (exact) mass is 529 g/mol. The Morgan fingerprint density at radius 2 is 1.76 bits per heavy atom. The van der Waals surface area contributed by atoms with E-state index in [9.17, 15) is 13.2 Å². The van der Waals surface area contributed by atoms with Crippen molar-refractivity contribution in [3.63, 3.8) is 0 Å². The Kier molecular flexibility index (Phi) is 7.69. The average molecular weight is 530 g/mol. The minimum atomic E-state index is -3.27. The second kappa shape index (κ2) is 10.6. The van der Waals surface area contributed by atoms with Gasteiger partial charge in [-0.3, -0.25) is 4.90 Å². The number of hydrogen-bond donors (Lipinski definition) is 0. The van der Waals surface area contributed by atoms with Crippen molar-refractivity contribution in [3.05, 3.63) is 36.8 Å². The summed E-state index contributed by atoms with van der Waals surface area (Å²) in [7, 11) is -3.27. The first kappa shape index (κ1) is 26.8. The summed E-state index contributed by atoms with van der Waals surface area (Å²) in [6.45, 7) is 12.9. The first-order valence-electron chi connectivity index (χ1n) is 12.4. The lowest BCUT2D eigenvalue weighted by atomic mass is 10.2. The Hall–Kier alpha value is -3.25. The van der Waals surface area contributed by atoms with Crippen LogP contribution in [0.2, 0.25) is 0 Å². The standard InChI is InChI=1S/C25H35N7O4S/c1-6-30(14-11-29-12-15-31(16-13-29)24(33)36-25(2,3)4)22-21-17-28-32(23(21)27-18-26-22)19-7-9-20(10-8-19)37(5,34)35/h7-10,17-18H,6,11-16H2,1-5H3. The van der Waals surface area contributed by atoms with Crippen molar-refractivity contribution in [2.75, 3.05) is 57.0 Å². The lowest BCUT2D eigenvalue weighted by molar-refractivity contribution is 0.0147. The number of anilines is 1. The van der Waals surface area contributed by atoms with Gasteiger partial charge in [-0.05, 0) is 52.0 Å². The van der Waals surface area contributed by atoms with Gasteiger partial charge in [0.05, 0.1) is 22.2 Å². The van der Waals surface area contributed by atoms with E-state index in [2.05, 4.69) is 31.8 Å². The van der Waals surface area contributed by atoms with Crippen molar-refractivity contribution in [2.24, 2.45) is 0 Å². The van der Waals surface area contributed by atoms with Gasteiger partial charge in [-0.2, -0.15) is 5.10 Å². The fourth-order valence-corrected chi connectivity index (χ4v) is 4.89. The highest BCUT2D eigenvalue weighted by Gasteiger charge is 2.26. The van der Waals surface area contributed by atoms with E-state index in [4.69, 9.17) is 4.74 Å². The lowest BCUT2D eigenvalue weighted by Gasteiger charge is -2.36. The average Bonchev–Trinajstić information content (AvgIpc) is 3.28. The van der Waals surface area contributed by atoms with Crippen molar-refractivity contribution in [1.29, 1.82) is 0 Å². The molecule has 12 heteroatoms. The number of sulfone groups is 1. The van der Waals surface area contributed by atoms with E-state index in [1.807, 2.05) is 20.8 Å². The number of carbonyl (C=O) groups excluding carboxylic acids is 1. The van der Waals surface area contributed by atoms with Crippen LogP contribution < -0.4 is 4.90 Å². The van der Waals surface area contributed by atoms with Gasteiger partial charge in [0.15, 0.2) is 15.5 Å². The summed E-state index contributed by atoms with van der Waals surface area (Å²) in [4.78, 5) is 27.9. The first-order chi connectivity index (χ1) is 17.5. The maximum atomic E-state index is 12.3. The van der Waals surface area contributed by atoms with E-state index in [1.165, 1.54) is 12.6 Å². The van der Waals surface area contributed by atoms with Gasteiger partial charge in [-0.25, -0.2) is 27.9 Å². The predicted octanol–water partition coefficient (Wildman–Crippen LogP) is 2.60. The Labute approximate surface area is 218 Å². The number of aromatic nitrogens is 4. The molecule has 11 nitrogen and oxygen atoms in total. The number of carbonyl (C=O) groups is 1. The second-order valence-electron chi connectivity index (χ2n) is 10.1. The van der Waals surface area contributed by atoms with Gasteiger partial charge in [0, 0.05) is 52.1 Å². The van der Waals surface area contributed by atoms with Crippen LogP contribution in [-0.2, 0) is 14.6 Å². The molecule has 1 saturated heterocycles. The number of hydrogen-bond acceptors (Lipinski definition) is 9. The normalized spacial score (nSPS) is 15.2. The van der Waals surface area contributed by atoms with Gasteiger partial charge < -0.3 is 14.5 Å². The molecule has 2 aromatic heterocycles. The van der Waals surface area contributed by atoms with Crippen molar-refractivity contribution in [2.45, 2.75) is 38.2 Å². The van der Waals surface area contributed by atoms with Crippen LogP contribution >= 0.6 is 0 Å². The van der Waals surface area contributed by atoms with Crippen LogP contribution in [0.25, 0.3) is 16.7 Å². The Balaban J connectivity index is 1.43. The summed E-state index contributed by atoms with van der Waals surface area (Å²) in [6, 6.07) is 6.58. The van der Waals surface area contributed by atoms with Crippen LogP contribution in [0.1, 0.15) is 27.7 Å². The molecule has 200 valence electrons. The molecule has 0 bridgehead atoms. The van der Waals surface area contributed by atoms with Crippen molar-refractivity contribution in [3.8, 4) is 5.69 Å². The molecule has 0 N–H and O–H groups in total. The molecule has 0 spiro atoms. The summed E-state index contributed by atoms with van der Waals surface area (Å²) >= 11 is 0. The quantitative estimate of drug-likeness (QED) is 0.456. The molecule has 4 rings (SSSR count). The molecule has 1 fully saturated rings. The lowest BCUT2D eigenvalue weighted by Crippen LogP contribution is -2.51. The van der Waals surface area contributed by atoms with Crippen LogP contribution in [0.3, 0.4) is 0 Å². The Morgan fingerprint density at radius 1 is 1.08 bits per heavy atom. The largest absolute Gasteiger partial charge is 0.444 e. The molecule has 37 heavy (non-hydrogen) atoms. The number of fused-ring (bicyclic) bond motifs is 1. The van der Waals surface area contributed by atoms with Crippen molar-refractivity contribution in [1.82, 2.24) is 29.5 Å². The third-order valence-corrected chi connectivity index (χ3v) is 7.37. The minimum Gasteiger partial charge on any atom is -0.444 e. The molecule has 1 amide bonds. The van der Waals surface area contributed by atoms with E-state index in [-0.39, 0.29) is 11.0 Å². The van der Waals surface area contributed by atoms with E-state index in [0.29, 0.717) is 18.7 Å². The van der Waals surface area contributed by atoms with Crippen LogP contribution in [0.15, 0.2) is 41.7 Å². The summed E-state index contributed by atoms with van der Waals surface area (Å²) < 4.78 is 30.8. The third-order valence-electron chi connectivity index (χ3n) is 6.25. The molecular weight excluding hydrogens is 494 g/mol. The van der Waals surface area contributed by atoms with Gasteiger partial charge in [0.1, 0.15) is 17.7 Å². The summed E-state index contributed by atoms with van der Waals surface area (Å²) in [5.41, 5.74) is 0.881. The van der Waals surface area contributed by atoms with E-state index in [1.54, 1.807) is 40.0 Å². The van der Waals surface area contributed by atoms with E-state index < -0.39 is 15.4 Å². The molecule has 1 aliphatic rings. The van der Waals surface area contributed by atoms with Crippen LogP contribution in [0.4, 0.5) is 10.6 Å². The number of piperazine rings is 1. The number of amides is 1. The highest BCUT2D eigenvalue weighted by atomic mass is 32.2. The molecule has 0 saturated carbocycles. The molecule has 0 radical (unpaired) electrons. The molecule has 1 aromatic carbocycles. The fraction of sp³-hybridized carbons (Fsp3) is 0.520. The van der Waals surface area contributed by atoms with E-state index >= 15 is 0 Å². The number of rotatable bonds is 7. The minimum absolute atomic E-state index is 0.256. The van der Waals surface area contributed by atoms with Crippen LogP contribution in [-0.4, -0.2) is 102 Å². The fourth-order valence-electron chi connectivity index (χ4n) is 4.26. The molecule has 0 unspecified atom stereocenters. The maximum absolute atomic E-state index is 12.3. The predicted molar refractivity (Wildman–Crippen MR) is 142 cm³/mol. The Bertz CT molecular complexity index is 1340. The second-order valence-corrected chi connectivity index (χ2v) is 12.2. The summed E-state index contributed by atoms with van der Waals surface area (Å²) in [5.74, 6) is 0.805. The van der Waals surface area contributed by atoms with E-state index in [0.717, 1.165) is 49.6 Å². The van der Waals surface area contributed by atoms with Crippen LogP contribution in [0.5, 0.6) is 0 Å². The highest BCUT2D eigenvalue weighted by Crippen LogP contribution is 2.25. The van der Waals surface area contributed by atoms with Gasteiger partial charge >= 0.3 is 6.09 Å². The van der Waals surface area contributed by atoms with Gasteiger partial charge in [0.2, 0.25) is 0 Å². The SMILES string of the molecule is CCN(CCN1CCN(C(=O)OC(C)(C)C)CC1)c1ncnc2c1cnn2-c1ccc(S(C)(=O)=O)cc1. The first-order valence-corrected chi connectivity index (χ1v) is 14.3. The molecule has 1 aliphatic heterocycles. The number of likely N-dealkylation sites (N-methyl/N-ethyl adjacent to an activating group) is 1. The van der Waals surface area contributed by atoms with Crippen LogP contribution in [0, 0.1) is 0 Å². The highest BCUT2D eigenvalue weighted by molar-refractivity contribution is 7.90. The zero-order valence-corrected chi connectivity index (χ0v) is 22.9. The van der Waals surface area contributed by atoms with Gasteiger partial charge in [-0.15, -0.1) is 0 Å². The molecule has 0 aliphatic carbocycles. The van der Waals surface area contributed by atoms with Gasteiger partial charge in [0.25, 0.3) is 0 Å². The third kappa shape index (κ3) is 6.37. The number of benzene rings is 1. The maximum Gasteiger partial charge on any atom is 0.410 e.